The van der Waals surface area contributed by atoms with Gasteiger partial charge in [-0.25, -0.2) is 0 Å². The number of ether oxygens (including phenoxy) is 1. The second kappa shape index (κ2) is 4.64. The highest BCUT2D eigenvalue weighted by Gasteiger charge is 2.03. The van der Waals surface area contributed by atoms with Crippen LogP contribution in [0, 0.1) is 0 Å². The van der Waals surface area contributed by atoms with Gasteiger partial charge in [-0.15, -0.1) is 11.3 Å². The van der Waals surface area contributed by atoms with Crippen molar-refractivity contribution in [2.75, 3.05) is 0 Å². The lowest BCUT2D eigenvalue weighted by Gasteiger charge is -2.04. The van der Waals surface area contributed by atoms with Crippen LogP contribution in [0.3, 0.4) is 0 Å². The van der Waals surface area contributed by atoms with Crippen molar-refractivity contribution in [3.63, 3.8) is 0 Å². The third-order valence-corrected chi connectivity index (χ3v) is 3.67. The lowest BCUT2D eigenvalue weighted by Crippen LogP contribution is -2.00. The molecule has 0 N–H and O–H groups in total. The third kappa shape index (κ3) is 2.80. The molecule has 2 rings (SSSR count). The highest BCUT2D eigenvalue weighted by Crippen LogP contribution is 2.28. The van der Waals surface area contributed by atoms with Gasteiger partial charge in [0.05, 0.1) is 12.7 Å². The zero-order valence-corrected chi connectivity index (χ0v) is 11.2. The van der Waals surface area contributed by atoms with E-state index in [4.69, 9.17) is 4.74 Å². The van der Waals surface area contributed by atoms with Gasteiger partial charge in [0, 0.05) is 14.0 Å². The maximum atomic E-state index is 5.59. The number of hydrogen-bond donors (Lipinski definition) is 0. The minimum atomic E-state index is 0.293. The molecule has 0 fully saturated rings. The quantitative estimate of drug-likeness (QED) is 0.801. The molecule has 0 aliphatic heterocycles. The molecule has 1 heterocycles. The van der Waals surface area contributed by atoms with Gasteiger partial charge in [0.1, 0.15) is 0 Å². The third-order valence-electron chi connectivity index (χ3n) is 2.09. The second-order valence-corrected chi connectivity index (χ2v) is 5.84. The van der Waals surface area contributed by atoms with Crippen molar-refractivity contribution in [2.24, 2.45) is 0 Å². The average Bonchev–Trinajstić information content (AvgIpc) is 2.56. The number of benzene rings is 1. The first-order chi connectivity index (χ1) is 7.15. The van der Waals surface area contributed by atoms with Crippen LogP contribution in [0.25, 0.3) is 10.1 Å². The standard InChI is InChI=1S/C12H13BrOS/c1-8(2)14-7-11-6-9-5-10(13)3-4-12(9)15-11/h3-6,8H,7H2,1-2H3. The molecular weight excluding hydrogens is 272 g/mol. The largest absolute Gasteiger partial charge is 0.373 e. The fourth-order valence-electron chi connectivity index (χ4n) is 1.39. The summed E-state index contributed by atoms with van der Waals surface area (Å²) in [6.07, 6.45) is 0.293. The molecule has 3 heteroatoms. The molecule has 0 atom stereocenters. The molecule has 80 valence electrons. The van der Waals surface area contributed by atoms with E-state index in [1.807, 2.05) is 0 Å². The Balaban J connectivity index is 2.23. The summed E-state index contributed by atoms with van der Waals surface area (Å²) in [5, 5.41) is 1.29. The Hall–Kier alpha value is -0.380. The van der Waals surface area contributed by atoms with Gasteiger partial charge in [0.15, 0.2) is 0 Å². The molecular formula is C12H13BrOS. The Labute approximate surface area is 102 Å². The molecule has 0 unspecified atom stereocenters. The molecule has 1 nitrogen and oxygen atoms in total. The summed E-state index contributed by atoms with van der Waals surface area (Å²) in [6, 6.07) is 8.56. The molecule has 2 aromatic rings. The lowest BCUT2D eigenvalue weighted by atomic mass is 10.2. The lowest BCUT2D eigenvalue weighted by molar-refractivity contribution is 0.0675. The molecule has 0 aliphatic rings. The van der Waals surface area contributed by atoms with Crippen molar-refractivity contribution in [1.29, 1.82) is 0 Å². The number of rotatable bonds is 3. The van der Waals surface area contributed by atoms with Crippen LogP contribution in [-0.2, 0) is 11.3 Å². The van der Waals surface area contributed by atoms with E-state index < -0.39 is 0 Å². The van der Waals surface area contributed by atoms with Crippen molar-refractivity contribution in [3.05, 3.63) is 33.6 Å². The maximum absolute atomic E-state index is 5.59. The number of fused-ring (bicyclic) bond motifs is 1. The van der Waals surface area contributed by atoms with E-state index in [2.05, 4.69) is 54.0 Å². The van der Waals surface area contributed by atoms with Crippen LogP contribution in [0.2, 0.25) is 0 Å². The SMILES string of the molecule is CC(C)OCc1cc2cc(Br)ccc2s1. The first kappa shape index (κ1) is 11.1. The smallest absolute Gasteiger partial charge is 0.0813 e. The Morgan fingerprint density at radius 3 is 2.87 bits per heavy atom. The number of thiophene rings is 1. The van der Waals surface area contributed by atoms with Gasteiger partial charge >= 0.3 is 0 Å². The Kier molecular flexibility index (Phi) is 3.44. The van der Waals surface area contributed by atoms with Crippen molar-refractivity contribution in [1.82, 2.24) is 0 Å². The molecule has 0 bridgehead atoms. The zero-order chi connectivity index (χ0) is 10.8. The Morgan fingerprint density at radius 2 is 2.13 bits per heavy atom. The fraction of sp³-hybridized carbons (Fsp3) is 0.333. The summed E-state index contributed by atoms with van der Waals surface area (Å²) in [6.45, 7) is 4.84. The molecule has 0 saturated heterocycles. The Bertz CT molecular complexity index is 462. The maximum Gasteiger partial charge on any atom is 0.0813 e. The topological polar surface area (TPSA) is 9.23 Å². The predicted molar refractivity (Wildman–Crippen MR) is 69.5 cm³/mol. The van der Waals surface area contributed by atoms with Gasteiger partial charge in [-0.2, -0.15) is 0 Å². The first-order valence-electron chi connectivity index (χ1n) is 4.95. The molecule has 0 radical (unpaired) electrons. The van der Waals surface area contributed by atoms with Crippen LogP contribution in [0.1, 0.15) is 18.7 Å². The summed E-state index contributed by atoms with van der Waals surface area (Å²) in [7, 11) is 0. The monoisotopic (exact) mass is 284 g/mol. The van der Waals surface area contributed by atoms with E-state index in [0.717, 1.165) is 4.47 Å². The summed E-state index contributed by atoms with van der Waals surface area (Å²) < 4.78 is 8.04. The van der Waals surface area contributed by atoms with E-state index >= 15 is 0 Å². The van der Waals surface area contributed by atoms with Crippen LogP contribution in [0.5, 0.6) is 0 Å². The van der Waals surface area contributed by atoms with Gasteiger partial charge in [-0.1, -0.05) is 15.9 Å². The predicted octanol–water partition coefficient (Wildman–Crippen LogP) is 4.59. The number of hydrogen-bond acceptors (Lipinski definition) is 2. The Morgan fingerprint density at radius 1 is 1.33 bits per heavy atom. The normalized spacial score (nSPS) is 11.5. The molecule has 1 aromatic carbocycles. The highest BCUT2D eigenvalue weighted by atomic mass is 79.9. The molecule has 0 aliphatic carbocycles. The summed E-state index contributed by atoms with van der Waals surface area (Å²) in [5.74, 6) is 0. The van der Waals surface area contributed by atoms with E-state index in [1.54, 1.807) is 11.3 Å². The van der Waals surface area contributed by atoms with Gasteiger partial charge in [0.2, 0.25) is 0 Å². The minimum Gasteiger partial charge on any atom is -0.373 e. The van der Waals surface area contributed by atoms with Gasteiger partial charge in [-0.05, 0) is 43.5 Å². The molecule has 0 saturated carbocycles. The molecule has 1 aromatic heterocycles. The summed E-state index contributed by atoms with van der Waals surface area (Å²) >= 11 is 5.28. The summed E-state index contributed by atoms with van der Waals surface area (Å²) in [4.78, 5) is 1.29. The summed E-state index contributed by atoms with van der Waals surface area (Å²) in [5.41, 5.74) is 0. The van der Waals surface area contributed by atoms with Gasteiger partial charge in [0.25, 0.3) is 0 Å². The van der Waals surface area contributed by atoms with E-state index in [0.29, 0.717) is 12.7 Å². The number of halogens is 1. The fourth-order valence-corrected chi connectivity index (χ4v) is 2.74. The van der Waals surface area contributed by atoms with Crippen molar-refractivity contribution in [3.8, 4) is 0 Å². The van der Waals surface area contributed by atoms with Crippen LogP contribution < -0.4 is 0 Å². The van der Waals surface area contributed by atoms with Crippen LogP contribution in [0.15, 0.2) is 28.7 Å². The van der Waals surface area contributed by atoms with Crippen LogP contribution in [-0.4, -0.2) is 6.10 Å². The van der Waals surface area contributed by atoms with E-state index in [9.17, 15) is 0 Å². The van der Waals surface area contributed by atoms with Gasteiger partial charge < -0.3 is 4.74 Å². The average molecular weight is 285 g/mol. The van der Waals surface area contributed by atoms with E-state index in [1.165, 1.54) is 15.0 Å². The zero-order valence-electron chi connectivity index (χ0n) is 8.79. The molecule has 0 amide bonds. The van der Waals surface area contributed by atoms with Crippen LogP contribution >= 0.6 is 27.3 Å². The van der Waals surface area contributed by atoms with E-state index in [-0.39, 0.29) is 0 Å². The molecule has 0 spiro atoms. The van der Waals surface area contributed by atoms with Crippen LogP contribution in [0.4, 0.5) is 0 Å². The van der Waals surface area contributed by atoms with Gasteiger partial charge in [-0.3, -0.25) is 0 Å². The minimum absolute atomic E-state index is 0.293. The second-order valence-electron chi connectivity index (χ2n) is 3.75. The van der Waals surface area contributed by atoms with Crippen molar-refractivity contribution in [2.45, 2.75) is 26.6 Å². The highest BCUT2D eigenvalue weighted by molar-refractivity contribution is 9.10. The first-order valence-corrected chi connectivity index (χ1v) is 6.55. The van der Waals surface area contributed by atoms with Crippen molar-refractivity contribution >= 4 is 37.4 Å². The van der Waals surface area contributed by atoms with Crippen molar-refractivity contribution < 1.29 is 4.74 Å². The molecule has 15 heavy (non-hydrogen) atoms.